The number of carbonyl (C=O) groups excluding carboxylic acids is 1. The van der Waals surface area contributed by atoms with Crippen LogP contribution in [0.5, 0.6) is 0 Å². The van der Waals surface area contributed by atoms with Crippen LogP contribution in [0, 0.1) is 0 Å². The van der Waals surface area contributed by atoms with Crippen molar-refractivity contribution in [3.8, 4) is 0 Å². The summed E-state index contributed by atoms with van der Waals surface area (Å²) in [7, 11) is 0. The average Bonchev–Trinajstić information content (AvgIpc) is 2.69. The first kappa shape index (κ1) is 9.21. The zero-order valence-electron chi connectivity index (χ0n) is 8.02. The maximum absolute atomic E-state index is 11.4. The number of hydrogen-bond acceptors (Lipinski definition) is 3. The van der Waals surface area contributed by atoms with Gasteiger partial charge in [0, 0.05) is 32.0 Å². The third kappa shape index (κ3) is 2.11. The van der Waals surface area contributed by atoms with Crippen molar-refractivity contribution >= 4 is 5.91 Å². The maximum Gasteiger partial charge on any atom is 0.236 e. The van der Waals surface area contributed by atoms with Crippen molar-refractivity contribution in [1.29, 1.82) is 0 Å². The van der Waals surface area contributed by atoms with Gasteiger partial charge in [0.1, 0.15) is 0 Å². The van der Waals surface area contributed by atoms with Crippen LogP contribution >= 0.6 is 0 Å². The molecule has 1 aliphatic rings. The molecule has 2 rings (SSSR count). The van der Waals surface area contributed by atoms with Crippen molar-refractivity contribution in [1.82, 2.24) is 20.0 Å². The third-order valence-electron chi connectivity index (χ3n) is 2.35. The SMILES string of the molecule is O=C1CNCCN1CCn1cccn1. The lowest BCUT2D eigenvalue weighted by molar-refractivity contribution is -0.132. The van der Waals surface area contributed by atoms with Gasteiger partial charge in [-0.1, -0.05) is 0 Å². The van der Waals surface area contributed by atoms with E-state index in [2.05, 4.69) is 10.4 Å². The number of amides is 1. The highest BCUT2D eigenvalue weighted by Gasteiger charge is 2.16. The molecule has 0 bridgehead atoms. The van der Waals surface area contributed by atoms with Crippen molar-refractivity contribution in [3.05, 3.63) is 18.5 Å². The summed E-state index contributed by atoms with van der Waals surface area (Å²) in [5.41, 5.74) is 0. The number of rotatable bonds is 3. The fraction of sp³-hybridized carbons (Fsp3) is 0.556. The number of carbonyl (C=O) groups is 1. The quantitative estimate of drug-likeness (QED) is 0.693. The van der Waals surface area contributed by atoms with Gasteiger partial charge in [-0.2, -0.15) is 5.10 Å². The van der Waals surface area contributed by atoms with Gasteiger partial charge in [-0.25, -0.2) is 0 Å². The molecule has 0 unspecified atom stereocenters. The Morgan fingerprint density at radius 1 is 1.50 bits per heavy atom. The van der Waals surface area contributed by atoms with Crippen LogP contribution in [0.25, 0.3) is 0 Å². The first-order valence-corrected chi connectivity index (χ1v) is 4.82. The standard InChI is InChI=1S/C9H14N4O/c14-9-8-10-3-5-12(9)6-7-13-4-1-2-11-13/h1-2,4,10H,3,5-8H2. The lowest BCUT2D eigenvalue weighted by Gasteiger charge is -2.27. The average molecular weight is 194 g/mol. The number of piperazine rings is 1. The van der Waals surface area contributed by atoms with Crippen molar-refractivity contribution in [3.63, 3.8) is 0 Å². The molecule has 14 heavy (non-hydrogen) atoms. The van der Waals surface area contributed by atoms with Crippen LogP contribution in [-0.4, -0.2) is 46.8 Å². The second-order valence-corrected chi connectivity index (χ2v) is 3.33. The van der Waals surface area contributed by atoms with Gasteiger partial charge in [0.2, 0.25) is 5.91 Å². The largest absolute Gasteiger partial charge is 0.338 e. The van der Waals surface area contributed by atoms with Crippen LogP contribution in [0.1, 0.15) is 0 Å². The Hall–Kier alpha value is -1.36. The highest BCUT2D eigenvalue weighted by Crippen LogP contribution is 1.95. The molecule has 1 N–H and O–H groups in total. The molecular formula is C9H14N4O. The predicted octanol–water partition coefficient (Wildman–Crippen LogP) is -0.685. The molecule has 5 nitrogen and oxygen atoms in total. The smallest absolute Gasteiger partial charge is 0.236 e. The molecule has 0 saturated carbocycles. The highest BCUT2D eigenvalue weighted by atomic mass is 16.2. The summed E-state index contributed by atoms with van der Waals surface area (Å²) in [6.07, 6.45) is 3.66. The first-order chi connectivity index (χ1) is 6.86. The minimum Gasteiger partial charge on any atom is -0.338 e. The highest BCUT2D eigenvalue weighted by molar-refractivity contribution is 5.78. The third-order valence-corrected chi connectivity index (χ3v) is 2.35. The Morgan fingerprint density at radius 2 is 2.43 bits per heavy atom. The Kier molecular flexibility index (Phi) is 2.78. The van der Waals surface area contributed by atoms with Gasteiger partial charge in [-0.05, 0) is 6.07 Å². The van der Waals surface area contributed by atoms with Crippen molar-refractivity contribution < 1.29 is 4.79 Å². The minimum atomic E-state index is 0.184. The van der Waals surface area contributed by atoms with E-state index in [9.17, 15) is 4.79 Å². The molecule has 0 radical (unpaired) electrons. The van der Waals surface area contributed by atoms with Crippen molar-refractivity contribution in [2.24, 2.45) is 0 Å². The summed E-state index contributed by atoms with van der Waals surface area (Å²) in [5, 5.41) is 7.13. The number of nitrogens with zero attached hydrogens (tertiary/aromatic N) is 3. The van der Waals surface area contributed by atoms with E-state index < -0.39 is 0 Å². The lowest BCUT2D eigenvalue weighted by Crippen LogP contribution is -2.48. The molecule has 2 heterocycles. The van der Waals surface area contributed by atoms with E-state index in [1.165, 1.54) is 0 Å². The molecule has 1 aliphatic heterocycles. The molecule has 5 heteroatoms. The number of nitrogens with one attached hydrogen (secondary N) is 1. The number of hydrogen-bond donors (Lipinski definition) is 1. The normalized spacial score (nSPS) is 17.4. The summed E-state index contributed by atoms with van der Waals surface area (Å²) in [6.45, 7) is 3.70. The second kappa shape index (κ2) is 4.23. The molecule has 0 atom stereocenters. The topological polar surface area (TPSA) is 50.2 Å². The fourth-order valence-corrected chi connectivity index (χ4v) is 1.54. The fourth-order valence-electron chi connectivity index (χ4n) is 1.54. The van der Waals surface area contributed by atoms with Gasteiger partial charge >= 0.3 is 0 Å². The molecule has 76 valence electrons. The van der Waals surface area contributed by atoms with Crippen LogP contribution in [-0.2, 0) is 11.3 Å². The van der Waals surface area contributed by atoms with E-state index in [1.54, 1.807) is 6.20 Å². The molecule has 0 aromatic carbocycles. The summed E-state index contributed by atoms with van der Waals surface area (Å²) in [6, 6.07) is 1.89. The van der Waals surface area contributed by atoms with E-state index in [1.807, 2.05) is 21.8 Å². The van der Waals surface area contributed by atoms with E-state index in [-0.39, 0.29) is 5.91 Å². The van der Waals surface area contributed by atoms with Gasteiger partial charge in [-0.3, -0.25) is 9.48 Å². The monoisotopic (exact) mass is 194 g/mol. The van der Waals surface area contributed by atoms with Gasteiger partial charge in [0.25, 0.3) is 0 Å². The van der Waals surface area contributed by atoms with Crippen molar-refractivity contribution in [2.75, 3.05) is 26.2 Å². The summed E-state index contributed by atoms with van der Waals surface area (Å²) in [5.74, 6) is 0.184. The molecule has 1 amide bonds. The minimum absolute atomic E-state index is 0.184. The first-order valence-electron chi connectivity index (χ1n) is 4.82. The Labute approximate surface area is 82.7 Å². The van der Waals surface area contributed by atoms with Gasteiger partial charge < -0.3 is 10.2 Å². The van der Waals surface area contributed by atoms with Gasteiger partial charge in [0.15, 0.2) is 0 Å². The molecule has 1 aromatic heterocycles. The Bertz CT molecular complexity index is 296. The second-order valence-electron chi connectivity index (χ2n) is 3.33. The zero-order valence-corrected chi connectivity index (χ0v) is 8.02. The molecule has 0 aliphatic carbocycles. The van der Waals surface area contributed by atoms with Gasteiger partial charge in [0.05, 0.1) is 13.1 Å². The number of aromatic nitrogens is 2. The van der Waals surface area contributed by atoms with Crippen LogP contribution in [0.15, 0.2) is 18.5 Å². The lowest BCUT2D eigenvalue weighted by atomic mass is 10.3. The van der Waals surface area contributed by atoms with E-state index >= 15 is 0 Å². The summed E-state index contributed by atoms with van der Waals surface area (Å²) in [4.78, 5) is 13.3. The van der Waals surface area contributed by atoms with Crippen LogP contribution in [0.2, 0.25) is 0 Å². The zero-order chi connectivity index (χ0) is 9.80. The van der Waals surface area contributed by atoms with E-state index in [4.69, 9.17) is 0 Å². The van der Waals surface area contributed by atoms with Crippen molar-refractivity contribution in [2.45, 2.75) is 6.54 Å². The molecule has 1 saturated heterocycles. The van der Waals surface area contributed by atoms with Gasteiger partial charge in [-0.15, -0.1) is 0 Å². The molecule has 0 spiro atoms. The predicted molar refractivity (Wildman–Crippen MR) is 51.7 cm³/mol. The van der Waals surface area contributed by atoms with Crippen LogP contribution in [0.3, 0.4) is 0 Å². The molecular weight excluding hydrogens is 180 g/mol. The Balaban J connectivity index is 1.82. The molecule has 1 fully saturated rings. The van der Waals surface area contributed by atoms with E-state index in [0.717, 1.165) is 26.2 Å². The summed E-state index contributed by atoms with van der Waals surface area (Å²) >= 11 is 0. The Morgan fingerprint density at radius 3 is 3.14 bits per heavy atom. The molecule has 1 aromatic rings. The van der Waals surface area contributed by atoms with E-state index in [0.29, 0.717) is 6.54 Å². The van der Waals surface area contributed by atoms with Crippen LogP contribution < -0.4 is 5.32 Å². The summed E-state index contributed by atoms with van der Waals surface area (Å²) < 4.78 is 1.84. The van der Waals surface area contributed by atoms with Crippen LogP contribution in [0.4, 0.5) is 0 Å². The maximum atomic E-state index is 11.4.